The molecule has 128 valence electrons. The van der Waals surface area contributed by atoms with Crippen molar-refractivity contribution in [1.29, 1.82) is 0 Å². The van der Waals surface area contributed by atoms with Gasteiger partial charge in [0, 0.05) is 23.4 Å². The van der Waals surface area contributed by atoms with Gasteiger partial charge in [-0.2, -0.15) is 4.98 Å². The molecule has 0 bridgehead atoms. The van der Waals surface area contributed by atoms with E-state index < -0.39 is 5.54 Å². The number of aromatic nitrogens is 2. The van der Waals surface area contributed by atoms with Crippen molar-refractivity contribution >= 4 is 17.5 Å². The van der Waals surface area contributed by atoms with Crippen LogP contribution in [-0.4, -0.2) is 33.3 Å². The maximum absolute atomic E-state index is 12.1. The second kappa shape index (κ2) is 7.32. The van der Waals surface area contributed by atoms with Gasteiger partial charge in [-0.3, -0.25) is 4.79 Å². The fourth-order valence-corrected chi connectivity index (χ4v) is 3.15. The van der Waals surface area contributed by atoms with Crippen LogP contribution in [0.25, 0.3) is 11.4 Å². The molecule has 2 N–H and O–H groups in total. The molecule has 0 saturated heterocycles. The summed E-state index contributed by atoms with van der Waals surface area (Å²) < 4.78 is 5.20. The molecule has 7 heteroatoms. The van der Waals surface area contributed by atoms with Gasteiger partial charge in [0.2, 0.25) is 17.6 Å². The van der Waals surface area contributed by atoms with Gasteiger partial charge in [0.25, 0.3) is 0 Å². The highest BCUT2D eigenvalue weighted by atomic mass is 35.5. The minimum atomic E-state index is -0.444. The lowest BCUT2D eigenvalue weighted by Crippen LogP contribution is -2.49. The van der Waals surface area contributed by atoms with E-state index in [0.29, 0.717) is 23.2 Å². The lowest BCUT2D eigenvalue weighted by molar-refractivity contribution is -0.123. The minimum Gasteiger partial charge on any atom is -0.394 e. The molecule has 1 aromatic heterocycles. The number of aliphatic hydroxyl groups excluding tert-OH is 1. The number of rotatable bonds is 6. The molecule has 1 aliphatic carbocycles. The molecular formula is C17H20ClN3O3. The van der Waals surface area contributed by atoms with Crippen molar-refractivity contribution in [2.45, 2.75) is 44.1 Å². The summed E-state index contributed by atoms with van der Waals surface area (Å²) in [5, 5.41) is 17.1. The van der Waals surface area contributed by atoms with Gasteiger partial charge in [-0.1, -0.05) is 29.6 Å². The minimum absolute atomic E-state index is 0.0139. The third-order valence-electron chi connectivity index (χ3n) is 4.40. The van der Waals surface area contributed by atoms with Crippen LogP contribution >= 0.6 is 11.6 Å². The van der Waals surface area contributed by atoms with Crippen LogP contribution in [0.5, 0.6) is 0 Å². The Morgan fingerprint density at radius 3 is 2.67 bits per heavy atom. The van der Waals surface area contributed by atoms with E-state index in [9.17, 15) is 9.90 Å². The van der Waals surface area contributed by atoms with Crippen molar-refractivity contribution < 1.29 is 14.4 Å². The van der Waals surface area contributed by atoms with Crippen molar-refractivity contribution in [3.63, 3.8) is 0 Å². The number of carbonyl (C=O) groups excluding carboxylic acids is 1. The lowest BCUT2D eigenvalue weighted by atomic mass is 9.98. The highest BCUT2D eigenvalue weighted by Crippen LogP contribution is 2.29. The van der Waals surface area contributed by atoms with Gasteiger partial charge < -0.3 is 14.9 Å². The number of amides is 1. The number of halogens is 1. The van der Waals surface area contributed by atoms with Crippen molar-refractivity contribution in [2.24, 2.45) is 0 Å². The van der Waals surface area contributed by atoms with Crippen molar-refractivity contribution in [3.8, 4) is 11.4 Å². The first-order valence-electron chi connectivity index (χ1n) is 8.11. The van der Waals surface area contributed by atoms with Crippen LogP contribution in [0.2, 0.25) is 5.02 Å². The molecule has 0 aliphatic heterocycles. The van der Waals surface area contributed by atoms with Crippen LogP contribution in [0, 0.1) is 0 Å². The van der Waals surface area contributed by atoms with E-state index in [2.05, 4.69) is 15.5 Å². The summed E-state index contributed by atoms with van der Waals surface area (Å²) in [6.45, 7) is -0.0139. The van der Waals surface area contributed by atoms with E-state index in [-0.39, 0.29) is 18.9 Å². The number of carbonyl (C=O) groups is 1. The molecule has 1 heterocycles. The first kappa shape index (κ1) is 16.9. The zero-order valence-corrected chi connectivity index (χ0v) is 14.1. The van der Waals surface area contributed by atoms with Crippen molar-refractivity contribution in [3.05, 3.63) is 35.2 Å². The average Bonchev–Trinajstić information content (AvgIpc) is 3.24. The second-order valence-electron chi connectivity index (χ2n) is 6.21. The summed E-state index contributed by atoms with van der Waals surface area (Å²) in [4.78, 5) is 16.4. The average molecular weight is 350 g/mol. The topological polar surface area (TPSA) is 88.2 Å². The van der Waals surface area contributed by atoms with Crippen LogP contribution in [0.15, 0.2) is 28.8 Å². The van der Waals surface area contributed by atoms with Gasteiger partial charge in [0.1, 0.15) is 0 Å². The maximum atomic E-state index is 12.1. The van der Waals surface area contributed by atoms with Crippen LogP contribution in [0.4, 0.5) is 0 Å². The molecule has 0 radical (unpaired) electrons. The van der Waals surface area contributed by atoms with Gasteiger partial charge in [0.05, 0.1) is 12.1 Å². The Labute approximate surface area is 145 Å². The Hall–Kier alpha value is -1.92. The molecule has 1 aliphatic rings. The molecule has 1 aromatic carbocycles. The van der Waals surface area contributed by atoms with E-state index in [1.165, 1.54) is 0 Å². The highest BCUT2D eigenvalue weighted by Gasteiger charge is 2.34. The molecule has 0 atom stereocenters. The summed E-state index contributed by atoms with van der Waals surface area (Å²) in [6, 6.07) is 7.15. The van der Waals surface area contributed by atoms with Crippen LogP contribution in [0.1, 0.15) is 38.0 Å². The molecule has 6 nitrogen and oxygen atoms in total. The first-order chi connectivity index (χ1) is 11.6. The smallest absolute Gasteiger partial charge is 0.227 e. The largest absolute Gasteiger partial charge is 0.394 e. The van der Waals surface area contributed by atoms with Crippen molar-refractivity contribution in [2.75, 3.05) is 6.61 Å². The van der Waals surface area contributed by atoms with Crippen LogP contribution < -0.4 is 5.32 Å². The fourth-order valence-electron chi connectivity index (χ4n) is 3.03. The van der Waals surface area contributed by atoms with Gasteiger partial charge in [-0.05, 0) is 37.1 Å². The number of aliphatic hydroxyl groups is 1. The molecule has 1 fully saturated rings. The predicted molar refractivity (Wildman–Crippen MR) is 89.5 cm³/mol. The number of hydrogen-bond acceptors (Lipinski definition) is 5. The SMILES string of the molecule is O=C(CCc1nc(-c2ccc(Cl)cc2)no1)NC1(CO)CCCC1. The number of nitrogens with one attached hydrogen (secondary N) is 1. The molecule has 0 unspecified atom stereocenters. The summed E-state index contributed by atoms with van der Waals surface area (Å²) >= 11 is 5.86. The molecule has 1 amide bonds. The third kappa shape index (κ3) is 3.94. The highest BCUT2D eigenvalue weighted by molar-refractivity contribution is 6.30. The van der Waals surface area contributed by atoms with E-state index in [1.54, 1.807) is 12.1 Å². The molecule has 3 rings (SSSR count). The molecule has 1 saturated carbocycles. The third-order valence-corrected chi connectivity index (χ3v) is 4.66. The summed E-state index contributed by atoms with van der Waals surface area (Å²) in [6.07, 6.45) is 4.36. The summed E-state index contributed by atoms with van der Waals surface area (Å²) in [5.41, 5.74) is 0.365. The first-order valence-corrected chi connectivity index (χ1v) is 8.48. The monoisotopic (exact) mass is 349 g/mol. The van der Waals surface area contributed by atoms with Gasteiger partial charge in [-0.15, -0.1) is 0 Å². The quantitative estimate of drug-likeness (QED) is 0.837. The fraction of sp³-hybridized carbons (Fsp3) is 0.471. The van der Waals surface area contributed by atoms with Gasteiger partial charge in [0.15, 0.2) is 0 Å². The Kier molecular flexibility index (Phi) is 5.16. The number of aryl methyl sites for hydroxylation is 1. The van der Waals surface area contributed by atoms with E-state index in [1.807, 2.05) is 12.1 Å². The van der Waals surface area contributed by atoms with E-state index >= 15 is 0 Å². The Morgan fingerprint density at radius 2 is 2.00 bits per heavy atom. The summed E-state index contributed by atoms with van der Waals surface area (Å²) in [5.74, 6) is 0.793. The number of hydrogen-bond donors (Lipinski definition) is 2. The molecule has 24 heavy (non-hydrogen) atoms. The van der Waals surface area contributed by atoms with Gasteiger partial charge in [-0.25, -0.2) is 0 Å². The Morgan fingerprint density at radius 1 is 1.29 bits per heavy atom. The second-order valence-corrected chi connectivity index (χ2v) is 6.65. The Balaban J connectivity index is 1.55. The maximum Gasteiger partial charge on any atom is 0.227 e. The zero-order chi connectivity index (χ0) is 17.0. The molecule has 2 aromatic rings. The van der Waals surface area contributed by atoms with Gasteiger partial charge >= 0.3 is 0 Å². The normalized spacial score (nSPS) is 16.2. The van der Waals surface area contributed by atoms with Crippen LogP contribution in [0.3, 0.4) is 0 Å². The summed E-state index contributed by atoms with van der Waals surface area (Å²) in [7, 11) is 0. The Bertz CT molecular complexity index is 693. The lowest BCUT2D eigenvalue weighted by Gasteiger charge is -2.27. The predicted octanol–water partition coefficient (Wildman–Crippen LogP) is 2.74. The standard InChI is InChI=1S/C17H20ClN3O3/c18-13-5-3-12(4-6-13)16-19-15(24-21-16)8-7-14(23)20-17(11-22)9-1-2-10-17/h3-6,22H,1-2,7-11H2,(H,20,23). The van der Waals surface area contributed by atoms with E-state index in [4.69, 9.17) is 16.1 Å². The zero-order valence-electron chi connectivity index (χ0n) is 13.3. The van der Waals surface area contributed by atoms with Crippen molar-refractivity contribution in [1.82, 2.24) is 15.5 Å². The number of benzene rings is 1. The molecular weight excluding hydrogens is 330 g/mol. The number of nitrogens with zero attached hydrogens (tertiary/aromatic N) is 2. The van der Waals surface area contributed by atoms with Crippen LogP contribution in [-0.2, 0) is 11.2 Å². The molecule has 0 spiro atoms. The van der Waals surface area contributed by atoms with E-state index in [0.717, 1.165) is 31.2 Å².